The second kappa shape index (κ2) is 7.70. The van der Waals surface area contributed by atoms with Crippen LogP contribution in [-0.2, 0) is 25.5 Å². The number of piperidine rings is 1. The van der Waals surface area contributed by atoms with Gasteiger partial charge in [0.05, 0.1) is 11.4 Å². The van der Waals surface area contributed by atoms with E-state index in [9.17, 15) is 14.4 Å². The molecule has 0 saturated carbocycles. The van der Waals surface area contributed by atoms with Crippen molar-refractivity contribution in [3.05, 3.63) is 41.1 Å². The molecule has 1 aliphatic heterocycles. The molecule has 1 N–H and O–H groups in total. The molecule has 0 radical (unpaired) electrons. The van der Waals surface area contributed by atoms with E-state index in [0.29, 0.717) is 25.7 Å². The van der Waals surface area contributed by atoms with Crippen molar-refractivity contribution >= 4 is 28.7 Å². The molecule has 1 aromatic carbocycles. The zero-order chi connectivity index (χ0) is 20.5. The molecular formula is C22H26N2O4. The van der Waals surface area contributed by atoms with Crippen LogP contribution in [0.1, 0.15) is 62.8 Å². The molecule has 148 valence electrons. The predicted molar refractivity (Wildman–Crippen MR) is 106 cm³/mol. The zero-order valence-corrected chi connectivity index (χ0v) is 16.8. The maximum Gasteiger partial charge on any atom is 0.306 e. The van der Waals surface area contributed by atoms with Gasteiger partial charge in [-0.15, -0.1) is 0 Å². The molecule has 6 heteroatoms. The first kappa shape index (κ1) is 20.0. The number of amides is 2. The van der Waals surface area contributed by atoms with Crippen LogP contribution >= 0.6 is 0 Å². The third kappa shape index (κ3) is 4.74. The topological polar surface area (TPSA) is 85.4 Å². The van der Waals surface area contributed by atoms with Crippen LogP contribution in [0.3, 0.4) is 0 Å². The lowest BCUT2D eigenvalue weighted by atomic mass is 9.88. The Hall–Kier alpha value is -2.76. The van der Waals surface area contributed by atoms with Gasteiger partial charge in [-0.3, -0.25) is 24.7 Å². The molecule has 1 unspecified atom stereocenters. The number of ether oxygens (including phenoxy) is 1. The van der Waals surface area contributed by atoms with Crippen molar-refractivity contribution in [2.24, 2.45) is 0 Å². The Bertz CT molecular complexity index is 943. The largest absolute Gasteiger partial charge is 0.460 e. The molecule has 1 atom stereocenters. The number of nitrogens with zero attached hydrogens (tertiary/aromatic N) is 1. The third-order valence-electron chi connectivity index (χ3n) is 4.76. The number of carbonyl (C=O) groups is 3. The molecule has 0 bridgehead atoms. The summed E-state index contributed by atoms with van der Waals surface area (Å²) >= 11 is 0. The van der Waals surface area contributed by atoms with E-state index in [1.165, 1.54) is 0 Å². The lowest BCUT2D eigenvalue weighted by molar-refractivity contribution is -0.154. The SMILES string of the molecule is Cc1nc2cc(CCC(=O)OC(C)(C)C)ccc2cc1C1CCC(=O)NC1=O. The van der Waals surface area contributed by atoms with Crippen LogP contribution in [0.25, 0.3) is 10.9 Å². The summed E-state index contributed by atoms with van der Waals surface area (Å²) in [5.41, 5.74) is 3.01. The van der Waals surface area contributed by atoms with Gasteiger partial charge in [-0.05, 0) is 63.8 Å². The van der Waals surface area contributed by atoms with Gasteiger partial charge < -0.3 is 4.74 Å². The van der Waals surface area contributed by atoms with Crippen LogP contribution in [-0.4, -0.2) is 28.4 Å². The highest BCUT2D eigenvalue weighted by Crippen LogP contribution is 2.29. The van der Waals surface area contributed by atoms with Crippen molar-refractivity contribution in [3.63, 3.8) is 0 Å². The highest BCUT2D eigenvalue weighted by molar-refractivity contribution is 6.01. The van der Waals surface area contributed by atoms with Crippen LogP contribution in [0.4, 0.5) is 0 Å². The average molecular weight is 382 g/mol. The summed E-state index contributed by atoms with van der Waals surface area (Å²) in [6, 6.07) is 7.88. The van der Waals surface area contributed by atoms with Crippen LogP contribution in [0, 0.1) is 6.92 Å². The number of nitrogens with one attached hydrogen (secondary N) is 1. The predicted octanol–water partition coefficient (Wildman–Crippen LogP) is 3.34. The Labute approximate surface area is 164 Å². The molecule has 2 amide bonds. The standard InChI is InChI=1S/C22H26N2O4/c1-13-17(16-8-9-19(25)24-21(16)27)12-15-7-5-14(11-18(15)23-13)6-10-20(26)28-22(2,3)4/h5,7,11-12,16H,6,8-10H2,1-4H3,(H,24,25,27). The highest BCUT2D eigenvalue weighted by atomic mass is 16.6. The maximum atomic E-state index is 12.2. The van der Waals surface area contributed by atoms with Crippen molar-refractivity contribution in [3.8, 4) is 0 Å². The zero-order valence-electron chi connectivity index (χ0n) is 16.8. The van der Waals surface area contributed by atoms with Crippen LogP contribution in [0.5, 0.6) is 0 Å². The molecule has 0 aliphatic carbocycles. The van der Waals surface area contributed by atoms with Crippen LogP contribution < -0.4 is 5.32 Å². The van der Waals surface area contributed by atoms with Gasteiger partial charge in [0.1, 0.15) is 5.60 Å². The van der Waals surface area contributed by atoms with Crippen molar-refractivity contribution < 1.29 is 19.1 Å². The van der Waals surface area contributed by atoms with E-state index in [2.05, 4.69) is 10.3 Å². The Morgan fingerprint density at radius 2 is 2.00 bits per heavy atom. The number of hydrogen-bond donors (Lipinski definition) is 1. The van der Waals surface area contributed by atoms with Gasteiger partial charge in [0, 0.05) is 23.9 Å². The fourth-order valence-electron chi connectivity index (χ4n) is 3.46. The van der Waals surface area contributed by atoms with Gasteiger partial charge in [0.2, 0.25) is 11.8 Å². The van der Waals surface area contributed by atoms with E-state index in [0.717, 1.165) is 27.7 Å². The van der Waals surface area contributed by atoms with Crippen LogP contribution in [0.2, 0.25) is 0 Å². The minimum Gasteiger partial charge on any atom is -0.460 e. The molecule has 2 aromatic rings. The van der Waals surface area contributed by atoms with E-state index in [1.54, 1.807) is 0 Å². The van der Waals surface area contributed by atoms with Crippen molar-refractivity contribution in [1.82, 2.24) is 10.3 Å². The number of aromatic nitrogens is 1. The number of aryl methyl sites for hydroxylation is 2. The van der Waals surface area contributed by atoms with Crippen molar-refractivity contribution in [2.75, 3.05) is 0 Å². The van der Waals surface area contributed by atoms with Gasteiger partial charge >= 0.3 is 5.97 Å². The average Bonchev–Trinajstić information content (AvgIpc) is 2.58. The first-order chi connectivity index (χ1) is 13.1. The molecule has 6 nitrogen and oxygen atoms in total. The number of fused-ring (bicyclic) bond motifs is 1. The summed E-state index contributed by atoms with van der Waals surface area (Å²) in [4.78, 5) is 40.2. The Morgan fingerprint density at radius 1 is 1.25 bits per heavy atom. The second-order valence-corrected chi connectivity index (χ2v) is 8.28. The molecule has 3 rings (SSSR count). The quantitative estimate of drug-likeness (QED) is 0.647. The summed E-state index contributed by atoms with van der Waals surface area (Å²) in [5.74, 6) is -1.04. The Morgan fingerprint density at radius 3 is 2.68 bits per heavy atom. The Kier molecular flexibility index (Phi) is 5.49. The van der Waals surface area contributed by atoms with Gasteiger partial charge in [-0.25, -0.2) is 0 Å². The molecule has 0 spiro atoms. The monoisotopic (exact) mass is 382 g/mol. The number of imide groups is 1. The summed E-state index contributed by atoms with van der Waals surface area (Å²) in [6.07, 6.45) is 1.75. The van der Waals surface area contributed by atoms with E-state index in [-0.39, 0.29) is 23.7 Å². The number of carbonyl (C=O) groups excluding carboxylic acids is 3. The molecule has 1 fully saturated rings. The fraction of sp³-hybridized carbons (Fsp3) is 0.455. The van der Waals surface area contributed by atoms with Gasteiger partial charge in [-0.1, -0.05) is 12.1 Å². The highest BCUT2D eigenvalue weighted by Gasteiger charge is 2.29. The second-order valence-electron chi connectivity index (χ2n) is 8.28. The van der Waals surface area contributed by atoms with Gasteiger partial charge in [-0.2, -0.15) is 0 Å². The molecule has 1 aromatic heterocycles. The summed E-state index contributed by atoms with van der Waals surface area (Å²) in [7, 11) is 0. The smallest absolute Gasteiger partial charge is 0.306 e. The van der Waals surface area contributed by atoms with Crippen LogP contribution in [0.15, 0.2) is 24.3 Å². The molecule has 2 heterocycles. The number of rotatable bonds is 4. The normalized spacial score (nSPS) is 17.5. The van der Waals surface area contributed by atoms with E-state index < -0.39 is 5.60 Å². The molecule has 1 saturated heterocycles. The minimum absolute atomic E-state index is 0.218. The number of benzene rings is 1. The lowest BCUT2D eigenvalue weighted by Gasteiger charge is -2.22. The van der Waals surface area contributed by atoms with Crippen molar-refractivity contribution in [1.29, 1.82) is 0 Å². The molecule has 1 aliphatic rings. The number of hydrogen-bond acceptors (Lipinski definition) is 5. The van der Waals surface area contributed by atoms with E-state index in [4.69, 9.17) is 4.74 Å². The summed E-state index contributed by atoms with van der Waals surface area (Å²) in [5, 5.41) is 3.34. The first-order valence-corrected chi connectivity index (χ1v) is 9.58. The lowest BCUT2D eigenvalue weighted by Crippen LogP contribution is -2.39. The third-order valence-corrected chi connectivity index (χ3v) is 4.76. The van der Waals surface area contributed by atoms with E-state index >= 15 is 0 Å². The maximum absolute atomic E-state index is 12.2. The summed E-state index contributed by atoms with van der Waals surface area (Å²) in [6.45, 7) is 7.45. The Balaban J connectivity index is 1.78. The fourth-order valence-corrected chi connectivity index (χ4v) is 3.46. The van der Waals surface area contributed by atoms with Gasteiger partial charge in [0.25, 0.3) is 0 Å². The van der Waals surface area contributed by atoms with E-state index in [1.807, 2.05) is 52.0 Å². The minimum atomic E-state index is -0.481. The molecule has 28 heavy (non-hydrogen) atoms. The van der Waals surface area contributed by atoms with Crippen molar-refractivity contribution in [2.45, 2.75) is 64.9 Å². The number of esters is 1. The van der Waals surface area contributed by atoms with Gasteiger partial charge in [0.15, 0.2) is 0 Å². The number of pyridine rings is 1. The first-order valence-electron chi connectivity index (χ1n) is 9.58. The summed E-state index contributed by atoms with van der Waals surface area (Å²) < 4.78 is 5.35. The molecular weight excluding hydrogens is 356 g/mol.